The van der Waals surface area contributed by atoms with Crippen LogP contribution in [-0.2, 0) is 0 Å². The maximum Gasteiger partial charge on any atom is 0.338 e. The molecule has 0 aliphatic carbocycles. The summed E-state index contributed by atoms with van der Waals surface area (Å²) < 4.78 is 0. The molecule has 88 valence electrons. The molecule has 0 spiro atoms. The van der Waals surface area contributed by atoms with E-state index in [0.29, 0.717) is 11.3 Å². The Morgan fingerprint density at radius 2 is 2.00 bits per heavy atom. The first-order valence-corrected chi connectivity index (χ1v) is 5.39. The maximum absolute atomic E-state index is 10.8. The Morgan fingerprint density at radius 1 is 1.33 bits per heavy atom. The number of halogens is 1. The summed E-state index contributed by atoms with van der Waals surface area (Å²) in [6.07, 6.45) is 1.22. The van der Waals surface area contributed by atoms with E-state index in [-0.39, 0.29) is 10.6 Å². The van der Waals surface area contributed by atoms with Crippen LogP contribution in [-0.4, -0.2) is 16.1 Å². The molecule has 1 N–H and O–H groups in total. The summed E-state index contributed by atoms with van der Waals surface area (Å²) in [5.74, 6) is -1.11. The molecule has 1 aromatic carbocycles. The Morgan fingerprint density at radius 3 is 2.50 bits per heavy atom. The minimum atomic E-state index is -1.11. The van der Waals surface area contributed by atoms with Crippen molar-refractivity contribution in [1.29, 1.82) is 5.26 Å². The number of carboxylic acid groups (broad SMARTS) is 1. The van der Waals surface area contributed by atoms with Crippen LogP contribution >= 0.6 is 11.6 Å². The molecule has 0 fully saturated rings. The fourth-order valence-corrected chi connectivity index (χ4v) is 1.69. The lowest BCUT2D eigenvalue weighted by atomic mass is 10.1. The molecular weight excluding hydrogens is 252 g/mol. The summed E-state index contributed by atoms with van der Waals surface area (Å²) in [7, 11) is 0. The molecule has 18 heavy (non-hydrogen) atoms. The summed E-state index contributed by atoms with van der Waals surface area (Å²) in [5, 5.41) is 17.7. The first-order valence-electron chi connectivity index (χ1n) is 5.01. The van der Waals surface area contributed by atoms with Crippen LogP contribution in [0.15, 0.2) is 36.5 Å². The minimum Gasteiger partial charge on any atom is -0.478 e. The molecule has 2 rings (SSSR count). The molecule has 0 amide bonds. The monoisotopic (exact) mass is 258 g/mol. The number of carbonyl (C=O) groups is 1. The van der Waals surface area contributed by atoms with E-state index in [2.05, 4.69) is 4.98 Å². The van der Waals surface area contributed by atoms with Crippen molar-refractivity contribution in [3.05, 3.63) is 52.7 Å². The average Bonchev–Trinajstić information content (AvgIpc) is 2.38. The lowest BCUT2D eigenvalue weighted by molar-refractivity contribution is 0.0696. The number of nitriles is 1. The number of aromatic nitrogens is 1. The average molecular weight is 259 g/mol. The van der Waals surface area contributed by atoms with E-state index in [1.807, 2.05) is 6.07 Å². The van der Waals surface area contributed by atoms with Crippen LogP contribution in [0.5, 0.6) is 0 Å². The van der Waals surface area contributed by atoms with Crippen LogP contribution in [0.3, 0.4) is 0 Å². The van der Waals surface area contributed by atoms with E-state index in [4.69, 9.17) is 22.0 Å². The van der Waals surface area contributed by atoms with E-state index in [0.717, 1.165) is 5.56 Å². The quantitative estimate of drug-likeness (QED) is 0.899. The Balaban J connectivity index is 2.42. The van der Waals surface area contributed by atoms with Gasteiger partial charge in [-0.25, -0.2) is 4.79 Å². The van der Waals surface area contributed by atoms with Gasteiger partial charge in [-0.05, 0) is 18.2 Å². The Kier molecular flexibility index (Phi) is 3.26. The summed E-state index contributed by atoms with van der Waals surface area (Å²) >= 11 is 5.86. The third-order valence-corrected chi connectivity index (χ3v) is 2.71. The third kappa shape index (κ3) is 2.31. The van der Waals surface area contributed by atoms with E-state index < -0.39 is 5.97 Å². The molecule has 4 nitrogen and oxygen atoms in total. The second kappa shape index (κ2) is 4.86. The zero-order chi connectivity index (χ0) is 13.1. The third-order valence-electron chi connectivity index (χ3n) is 2.39. The van der Waals surface area contributed by atoms with Gasteiger partial charge in [0.05, 0.1) is 27.9 Å². The Bertz CT molecular complexity index is 645. The van der Waals surface area contributed by atoms with Gasteiger partial charge in [-0.15, -0.1) is 0 Å². The zero-order valence-electron chi connectivity index (χ0n) is 9.09. The number of hydrogen-bond donors (Lipinski definition) is 1. The number of nitrogens with zero attached hydrogens (tertiary/aromatic N) is 2. The lowest BCUT2D eigenvalue weighted by Crippen LogP contribution is -1.99. The van der Waals surface area contributed by atoms with Crippen LogP contribution in [0.25, 0.3) is 11.3 Å². The zero-order valence-corrected chi connectivity index (χ0v) is 9.85. The van der Waals surface area contributed by atoms with Crippen LogP contribution in [0.1, 0.15) is 15.9 Å². The van der Waals surface area contributed by atoms with Gasteiger partial charge in [0.1, 0.15) is 0 Å². The molecule has 2 aromatic rings. The van der Waals surface area contributed by atoms with E-state index in [1.54, 1.807) is 24.3 Å². The van der Waals surface area contributed by atoms with Crippen molar-refractivity contribution in [2.24, 2.45) is 0 Å². The van der Waals surface area contributed by atoms with Gasteiger partial charge in [-0.1, -0.05) is 23.7 Å². The van der Waals surface area contributed by atoms with Crippen molar-refractivity contribution in [3.63, 3.8) is 0 Å². The molecular formula is C13H7ClN2O2. The van der Waals surface area contributed by atoms with Gasteiger partial charge in [0.15, 0.2) is 0 Å². The van der Waals surface area contributed by atoms with Gasteiger partial charge in [0, 0.05) is 11.8 Å². The number of pyridine rings is 1. The first kappa shape index (κ1) is 12.1. The molecule has 0 saturated carbocycles. The predicted molar refractivity (Wildman–Crippen MR) is 66.4 cm³/mol. The van der Waals surface area contributed by atoms with Crippen LogP contribution < -0.4 is 0 Å². The highest BCUT2D eigenvalue weighted by Gasteiger charge is 2.10. The number of rotatable bonds is 2. The minimum absolute atomic E-state index is 0.0333. The number of aromatic carboxylic acids is 1. The summed E-state index contributed by atoms with van der Waals surface area (Å²) in [4.78, 5) is 14.8. The van der Waals surface area contributed by atoms with Crippen molar-refractivity contribution >= 4 is 17.6 Å². The molecule has 1 heterocycles. The lowest BCUT2D eigenvalue weighted by Gasteiger charge is -2.03. The van der Waals surface area contributed by atoms with E-state index in [9.17, 15) is 4.79 Å². The van der Waals surface area contributed by atoms with Crippen molar-refractivity contribution in [3.8, 4) is 17.3 Å². The van der Waals surface area contributed by atoms with Gasteiger partial charge in [0.2, 0.25) is 0 Å². The smallest absolute Gasteiger partial charge is 0.338 e. The van der Waals surface area contributed by atoms with Gasteiger partial charge in [-0.2, -0.15) is 5.26 Å². The molecule has 5 heteroatoms. The largest absolute Gasteiger partial charge is 0.478 e. The normalized spacial score (nSPS) is 9.78. The topological polar surface area (TPSA) is 74.0 Å². The van der Waals surface area contributed by atoms with Crippen LogP contribution in [0.2, 0.25) is 5.02 Å². The SMILES string of the molecule is N#Cc1ccc(-c2cc(Cl)c(C(=O)O)cn2)cc1. The fraction of sp³-hybridized carbons (Fsp3) is 0. The van der Waals surface area contributed by atoms with Crippen molar-refractivity contribution in [2.45, 2.75) is 0 Å². The molecule has 0 radical (unpaired) electrons. The molecule has 0 bridgehead atoms. The summed E-state index contributed by atoms with van der Waals surface area (Å²) in [5.41, 5.74) is 1.85. The Hall–Kier alpha value is -2.38. The van der Waals surface area contributed by atoms with Crippen molar-refractivity contribution < 1.29 is 9.90 Å². The fourth-order valence-electron chi connectivity index (χ4n) is 1.46. The number of carboxylic acids is 1. The summed E-state index contributed by atoms with van der Waals surface area (Å²) in [6.45, 7) is 0. The second-order valence-electron chi connectivity index (χ2n) is 3.54. The van der Waals surface area contributed by atoms with Crippen molar-refractivity contribution in [1.82, 2.24) is 4.98 Å². The number of hydrogen-bond acceptors (Lipinski definition) is 3. The highest BCUT2D eigenvalue weighted by Crippen LogP contribution is 2.23. The molecule has 0 atom stereocenters. The first-order chi connectivity index (χ1) is 8.61. The van der Waals surface area contributed by atoms with Crippen LogP contribution in [0.4, 0.5) is 0 Å². The maximum atomic E-state index is 10.8. The van der Waals surface area contributed by atoms with Gasteiger partial charge in [0.25, 0.3) is 0 Å². The van der Waals surface area contributed by atoms with Gasteiger partial charge >= 0.3 is 5.97 Å². The molecule has 1 aromatic heterocycles. The Labute approximate surface area is 108 Å². The van der Waals surface area contributed by atoms with E-state index >= 15 is 0 Å². The highest BCUT2D eigenvalue weighted by atomic mass is 35.5. The van der Waals surface area contributed by atoms with Gasteiger partial charge < -0.3 is 5.11 Å². The summed E-state index contributed by atoms with van der Waals surface area (Å²) in [6, 6.07) is 10.3. The molecule has 0 unspecified atom stereocenters. The highest BCUT2D eigenvalue weighted by molar-refractivity contribution is 6.33. The molecule has 0 saturated heterocycles. The molecule has 0 aliphatic heterocycles. The predicted octanol–water partition coefficient (Wildman–Crippen LogP) is 2.97. The van der Waals surface area contributed by atoms with Crippen molar-refractivity contribution in [2.75, 3.05) is 0 Å². The number of benzene rings is 1. The van der Waals surface area contributed by atoms with Crippen LogP contribution in [0, 0.1) is 11.3 Å². The molecule has 0 aliphatic rings. The standard InChI is InChI=1S/C13H7ClN2O2/c14-11-5-12(16-7-10(11)13(17)18)9-3-1-8(6-15)2-4-9/h1-5,7H,(H,17,18). The second-order valence-corrected chi connectivity index (χ2v) is 3.95. The van der Waals surface area contributed by atoms with E-state index in [1.165, 1.54) is 12.3 Å². The van der Waals surface area contributed by atoms with Gasteiger partial charge in [-0.3, -0.25) is 4.98 Å².